The first-order valence-electron chi connectivity index (χ1n) is 8.92. The van der Waals surface area contributed by atoms with Gasteiger partial charge < -0.3 is 5.11 Å². The number of rotatable bonds is 0. The Kier molecular flexibility index (Phi) is 3.15. The molecule has 0 aromatic rings. The van der Waals surface area contributed by atoms with Gasteiger partial charge >= 0.3 is 0 Å². The van der Waals surface area contributed by atoms with Crippen molar-refractivity contribution in [3.05, 3.63) is 11.6 Å². The van der Waals surface area contributed by atoms with E-state index in [1.165, 1.54) is 5.57 Å². The van der Waals surface area contributed by atoms with E-state index in [0.29, 0.717) is 30.6 Å². The van der Waals surface area contributed by atoms with E-state index in [0.717, 1.165) is 32.1 Å². The van der Waals surface area contributed by atoms with Crippen molar-refractivity contribution in [2.75, 3.05) is 0 Å². The number of hydrogen-bond donors (Lipinski definition) is 1. The van der Waals surface area contributed by atoms with E-state index in [-0.39, 0.29) is 16.6 Å². The van der Waals surface area contributed by atoms with Crippen molar-refractivity contribution in [2.24, 2.45) is 28.6 Å². The summed E-state index contributed by atoms with van der Waals surface area (Å²) in [5, 5.41) is 10.3. The molecule has 4 rings (SSSR count). The molecule has 4 aliphatic carbocycles. The van der Waals surface area contributed by atoms with Crippen LogP contribution in [0.15, 0.2) is 11.6 Å². The molecule has 0 spiro atoms. The second-order valence-electron chi connectivity index (χ2n) is 8.71. The fourth-order valence-corrected chi connectivity index (χ4v) is 6.50. The van der Waals surface area contributed by atoms with Crippen molar-refractivity contribution in [3.63, 3.8) is 0 Å². The Morgan fingerprint density at radius 2 is 1.95 bits per heavy atom. The third-order valence-electron chi connectivity index (χ3n) is 7.90. The molecule has 2 nitrogen and oxygen atoms in total. The fourth-order valence-electron chi connectivity index (χ4n) is 6.50. The summed E-state index contributed by atoms with van der Waals surface area (Å²) in [6, 6.07) is 0. The van der Waals surface area contributed by atoms with E-state index >= 15 is 0 Å². The summed E-state index contributed by atoms with van der Waals surface area (Å²) in [7, 11) is 0. The van der Waals surface area contributed by atoms with Crippen molar-refractivity contribution >= 4 is 5.78 Å². The van der Waals surface area contributed by atoms with E-state index in [4.69, 9.17) is 0 Å². The summed E-state index contributed by atoms with van der Waals surface area (Å²) >= 11 is 0. The molecular formula is C19H27FO2. The molecule has 0 aromatic carbocycles. The quantitative estimate of drug-likeness (QED) is 0.738. The van der Waals surface area contributed by atoms with Crippen molar-refractivity contribution < 1.29 is 14.3 Å². The predicted octanol–water partition coefficient (Wildman–Crippen LogP) is 3.83. The van der Waals surface area contributed by atoms with Gasteiger partial charge in [0.25, 0.3) is 0 Å². The van der Waals surface area contributed by atoms with Crippen LogP contribution in [0.25, 0.3) is 0 Å². The SMILES string of the molecule is C[C@]12CC[C@H]3[C@@H](CCC4=CC(=O)CC[C@@]43C)[C@@H]1C[C@H](F)[C@H]2O. The van der Waals surface area contributed by atoms with Crippen molar-refractivity contribution in [2.45, 2.75) is 71.1 Å². The van der Waals surface area contributed by atoms with Gasteiger partial charge in [-0.2, -0.15) is 0 Å². The van der Waals surface area contributed by atoms with Gasteiger partial charge in [-0.15, -0.1) is 0 Å². The van der Waals surface area contributed by atoms with Gasteiger partial charge in [0, 0.05) is 6.42 Å². The molecule has 0 saturated heterocycles. The van der Waals surface area contributed by atoms with Crippen LogP contribution in [0.4, 0.5) is 4.39 Å². The molecule has 0 bridgehead atoms. The Morgan fingerprint density at radius 1 is 1.18 bits per heavy atom. The zero-order chi connectivity index (χ0) is 15.7. The Labute approximate surface area is 132 Å². The number of halogens is 1. The lowest BCUT2D eigenvalue weighted by atomic mass is 9.47. The van der Waals surface area contributed by atoms with E-state index in [2.05, 4.69) is 13.8 Å². The maximum absolute atomic E-state index is 14.2. The van der Waals surface area contributed by atoms with E-state index in [9.17, 15) is 14.3 Å². The van der Waals surface area contributed by atoms with Crippen molar-refractivity contribution in [3.8, 4) is 0 Å². The average molecular weight is 306 g/mol. The number of carbonyl (C=O) groups excluding carboxylic acids is 1. The zero-order valence-corrected chi connectivity index (χ0v) is 13.6. The molecule has 4 aliphatic rings. The third kappa shape index (κ3) is 1.78. The van der Waals surface area contributed by atoms with Gasteiger partial charge in [0.1, 0.15) is 6.17 Å². The first kappa shape index (κ1) is 14.9. The number of allylic oxidation sites excluding steroid dienone is 1. The van der Waals surface area contributed by atoms with E-state index < -0.39 is 12.3 Å². The Hall–Kier alpha value is -0.700. The number of ketones is 1. The number of hydrogen-bond acceptors (Lipinski definition) is 2. The summed E-state index contributed by atoms with van der Waals surface area (Å²) in [5.41, 5.74) is 1.25. The highest BCUT2D eigenvalue weighted by Crippen LogP contribution is 2.65. The number of alkyl halides is 1. The normalized spacial score (nSPS) is 54.3. The first-order valence-corrected chi connectivity index (χ1v) is 8.92. The van der Waals surface area contributed by atoms with Crippen LogP contribution in [0.5, 0.6) is 0 Å². The predicted molar refractivity (Wildman–Crippen MR) is 83.0 cm³/mol. The minimum Gasteiger partial charge on any atom is -0.390 e. The minimum absolute atomic E-state index is 0.136. The summed E-state index contributed by atoms with van der Waals surface area (Å²) in [6.07, 6.45) is 6.30. The van der Waals surface area contributed by atoms with Gasteiger partial charge in [-0.25, -0.2) is 4.39 Å². The minimum atomic E-state index is -1.05. The Bertz CT molecular complexity index is 542. The molecule has 0 aliphatic heterocycles. The Balaban J connectivity index is 1.69. The monoisotopic (exact) mass is 306 g/mol. The van der Waals surface area contributed by atoms with Crippen LogP contribution in [-0.2, 0) is 4.79 Å². The summed E-state index contributed by atoms with van der Waals surface area (Å²) in [5.74, 6) is 1.68. The highest BCUT2D eigenvalue weighted by Gasteiger charge is 2.61. The summed E-state index contributed by atoms with van der Waals surface area (Å²) in [6.45, 7) is 4.44. The molecule has 0 unspecified atom stereocenters. The molecule has 0 heterocycles. The lowest BCUT2D eigenvalue weighted by molar-refractivity contribution is -0.118. The molecule has 22 heavy (non-hydrogen) atoms. The molecular weight excluding hydrogens is 279 g/mol. The van der Waals surface area contributed by atoms with Crippen LogP contribution in [0, 0.1) is 28.6 Å². The highest BCUT2D eigenvalue weighted by molar-refractivity contribution is 5.91. The standard InChI is InChI=1S/C19H27FO2/c1-18-7-5-12(21)9-11(18)3-4-13-14(18)6-8-19(2)15(13)10-16(20)17(19)22/h9,13-17,22H,3-8,10H2,1-2H3/t13-,14+,15+,16+,17-,18+,19+/m1/s1. The molecule has 0 radical (unpaired) electrons. The highest BCUT2D eigenvalue weighted by atomic mass is 19.1. The Morgan fingerprint density at radius 3 is 2.73 bits per heavy atom. The van der Waals surface area contributed by atoms with Gasteiger partial charge in [0.05, 0.1) is 6.10 Å². The molecule has 3 heteroatoms. The number of fused-ring (bicyclic) bond motifs is 5. The van der Waals surface area contributed by atoms with E-state index in [1.54, 1.807) is 0 Å². The fraction of sp³-hybridized carbons (Fsp3) is 0.842. The third-order valence-corrected chi connectivity index (χ3v) is 7.90. The number of aliphatic hydroxyl groups excluding tert-OH is 1. The van der Waals surface area contributed by atoms with Gasteiger partial charge in [-0.05, 0) is 73.2 Å². The molecule has 7 atom stereocenters. The molecule has 0 aromatic heterocycles. The zero-order valence-electron chi connectivity index (χ0n) is 13.6. The molecule has 3 fully saturated rings. The largest absolute Gasteiger partial charge is 0.390 e. The second kappa shape index (κ2) is 4.66. The van der Waals surface area contributed by atoms with Crippen LogP contribution >= 0.6 is 0 Å². The number of aliphatic hydroxyl groups is 1. The van der Waals surface area contributed by atoms with Gasteiger partial charge in [-0.3, -0.25) is 4.79 Å². The van der Waals surface area contributed by atoms with Crippen molar-refractivity contribution in [1.82, 2.24) is 0 Å². The maximum atomic E-state index is 14.2. The topological polar surface area (TPSA) is 37.3 Å². The van der Waals surface area contributed by atoms with Crippen LogP contribution in [0.3, 0.4) is 0 Å². The van der Waals surface area contributed by atoms with Crippen LogP contribution < -0.4 is 0 Å². The molecule has 1 N–H and O–H groups in total. The molecule has 0 amide bonds. The van der Waals surface area contributed by atoms with Crippen LogP contribution in [0.1, 0.15) is 58.8 Å². The lowest BCUT2D eigenvalue weighted by Crippen LogP contribution is -2.51. The van der Waals surface area contributed by atoms with Gasteiger partial charge in [0.15, 0.2) is 5.78 Å². The first-order chi connectivity index (χ1) is 10.4. The maximum Gasteiger partial charge on any atom is 0.155 e. The molecule has 3 saturated carbocycles. The van der Waals surface area contributed by atoms with Gasteiger partial charge in [-0.1, -0.05) is 19.4 Å². The molecule has 122 valence electrons. The lowest BCUT2D eigenvalue weighted by Gasteiger charge is -2.57. The van der Waals surface area contributed by atoms with E-state index in [1.807, 2.05) is 6.08 Å². The number of carbonyl (C=O) groups is 1. The second-order valence-corrected chi connectivity index (χ2v) is 8.71. The summed E-state index contributed by atoms with van der Waals surface area (Å²) < 4.78 is 14.2. The average Bonchev–Trinajstić information content (AvgIpc) is 2.72. The van der Waals surface area contributed by atoms with Crippen molar-refractivity contribution in [1.29, 1.82) is 0 Å². The van der Waals surface area contributed by atoms with Crippen LogP contribution in [0.2, 0.25) is 0 Å². The van der Waals surface area contributed by atoms with Gasteiger partial charge in [0.2, 0.25) is 0 Å². The summed E-state index contributed by atoms with van der Waals surface area (Å²) in [4.78, 5) is 11.8. The smallest absolute Gasteiger partial charge is 0.155 e. The van der Waals surface area contributed by atoms with Crippen LogP contribution in [-0.4, -0.2) is 23.2 Å².